The van der Waals surface area contributed by atoms with Gasteiger partial charge in [-0.3, -0.25) is 4.79 Å². The van der Waals surface area contributed by atoms with Crippen LogP contribution in [-0.4, -0.2) is 43.7 Å². The van der Waals surface area contributed by atoms with Crippen LogP contribution in [0.5, 0.6) is 11.5 Å². The lowest BCUT2D eigenvalue weighted by Crippen LogP contribution is -2.34. The lowest BCUT2D eigenvalue weighted by molar-refractivity contribution is -0.130. The Morgan fingerprint density at radius 3 is 2.54 bits per heavy atom. The third-order valence-corrected chi connectivity index (χ3v) is 4.34. The first-order valence-corrected chi connectivity index (χ1v) is 8.40. The number of halogens is 1. The molecule has 5 nitrogen and oxygen atoms in total. The molecule has 1 aliphatic heterocycles. The van der Waals surface area contributed by atoms with Gasteiger partial charge in [-0.05, 0) is 43.9 Å². The van der Waals surface area contributed by atoms with Crippen LogP contribution in [0.2, 0.25) is 0 Å². The molecule has 0 aromatic heterocycles. The minimum Gasteiger partial charge on any atom is -0.490 e. The lowest BCUT2D eigenvalue weighted by atomic mass is 9.90. The highest BCUT2D eigenvalue weighted by atomic mass is 35.5. The van der Waals surface area contributed by atoms with Crippen molar-refractivity contribution in [1.82, 2.24) is 4.90 Å². The first-order chi connectivity index (χ1) is 11.1. The molecule has 0 aliphatic carbocycles. The van der Waals surface area contributed by atoms with Crippen molar-refractivity contribution < 1.29 is 14.3 Å². The number of nitrogens with two attached hydrogens (primary N) is 1. The Kier molecular flexibility index (Phi) is 8.36. The standard InChI is InChI=1S/C18H28N2O3.ClH/c1-3-22-15-7-4-5-8-16(15)23-12-6-9-17(21)20-11-10-18(2,13-19)14-20;/h4-5,7-8H,3,6,9-14,19H2,1-2H3;1H. The van der Waals surface area contributed by atoms with Crippen LogP contribution in [0.3, 0.4) is 0 Å². The molecule has 2 rings (SSSR count). The highest BCUT2D eigenvalue weighted by Gasteiger charge is 2.34. The van der Waals surface area contributed by atoms with E-state index in [-0.39, 0.29) is 23.7 Å². The van der Waals surface area contributed by atoms with E-state index in [1.165, 1.54) is 0 Å². The number of benzene rings is 1. The molecule has 1 aliphatic rings. The summed E-state index contributed by atoms with van der Waals surface area (Å²) in [5, 5.41) is 0. The molecule has 136 valence electrons. The molecule has 0 saturated carbocycles. The smallest absolute Gasteiger partial charge is 0.222 e. The quantitative estimate of drug-likeness (QED) is 0.727. The van der Waals surface area contributed by atoms with E-state index in [0.29, 0.717) is 32.6 Å². The zero-order valence-electron chi connectivity index (χ0n) is 14.6. The molecule has 24 heavy (non-hydrogen) atoms. The molecular formula is C18H29ClN2O3. The van der Waals surface area contributed by atoms with Crippen molar-refractivity contribution in [1.29, 1.82) is 0 Å². The first kappa shape index (κ1) is 20.6. The average molecular weight is 357 g/mol. The molecule has 1 amide bonds. The summed E-state index contributed by atoms with van der Waals surface area (Å²) >= 11 is 0. The number of carbonyl (C=O) groups is 1. The maximum Gasteiger partial charge on any atom is 0.222 e. The van der Waals surface area contributed by atoms with Crippen LogP contribution in [0.1, 0.15) is 33.1 Å². The third-order valence-electron chi connectivity index (χ3n) is 4.34. The molecule has 1 unspecified atom stereocenters. The van der Waals surface area contributed by atoms with Crippen LogP contribution in [0.15, 0.2) is 24.3 Å². The molecule has 0 radical (unpaired) electrons. The van der Waals surface area contributed by atoms with Gasteiger partial charge >= 0.3 is 0 Å². The van der Waals surface area contributed by atoms with Gasteiger partial charge in [0.1, 0.15) is 0 Å². The predicted molar refractivity (Wildman–Crippen MR) is 97.9 cm³/mol. The lowest BCUT2D eigenvalue weighted by Gasteiger charge is -2.22. The number of likely N-dealkylation sites (tertiary alicyclic amines) is 1. The van der Waals surface area contributed by atoms with Gasteiger partial charge in [-0.15, -0.1) is 12.4 Å². The Hall–Kier alpha value is -1.46. The van der Waals surface area contributed by atoms with Crippen molar-refractivity contribution in [2.45, 2.75) is 33.1 Å². The zero-order valence-corrected chi connectivity index (χ0v) is 15.4. The van der Waals surface area contributed by atoms with E-state index in [4.69, 9.17) is 15.2 Å². The number of amides is 1. The Bertz CT molecular complexity index is 527. The Labute approximate surface area is 150 Å². The van der Waals surface area contributed by atoms with Crippen molar-refractivity contribution in [3.8, 4) is 11.5 Å². The SMILES string of the molecule is CCOc1ccccc1OCCCC(=O)N1CCC(C)(CN)C1.Cl. The maximum atomic E-state index is 12.2. The van der Waals surface area contributed by atoms with Crippen molar-refractivity contribution in [3.63, 3.8) is 0 Å². The summed E-state index contributed by atoms with van der Waals surface area (Å²) in [7, 11) is 0. The van der Waals surface area contributed by atoms with Crippen LogP contribution >= 0.6 is 12.4 Å². The number of carbonyl (C=O) groups excluding carboxylic acids is 1. The van der Waals surface area contributed by atoms with Crippen LogP contribution in [0, 0.1) is 5.41 Å². The molecule has 1 aromatic carbocycles. The highest BCUT2D eigenvalue weighted by molar-refractivity contribution is 5.85. The van der Waals surface area contributed by atoms with Gasteiger partial charge in [0.2, 0.25) is 5.91 Å². The number of hydrogen-bond donors (Lipinski definition) is 1. The Morgan fingerprint density at radius 2 is 1.96 bits per heavy atom. The molecule has 2 N–H and O–H groups in total. The number of para-hydroxylation sites is 2. The van der Waals surface area contributed by atoms with Gasteiger partial charge in [0.15, 0.2) is 11.5 Å². The van der Waals surface area contributed by atoms with Crippen molar-refractivity contribution in [2.24, 2.45) is 11.1 Å². The summed E-state index contributed by atoms with van der Waals surface area (Å²) in [5.74, 6) is 1.68. The fraction of sp³-hybridized carbons (Fsp3) is 0.611. The molecule has 0 bridgehead atoms. The topological polar surface area (TPSA) is 64.8 Å². The molecule has 6 heteroatoms. The van der Waals surface area contributed by atoms with Gasteiger partial charge in [-0.1, -0.05) is 19.1 Å². The second-order valence-electron chi connectivity index (χ2n) is 6.41. The summed E-state index contributed by atoms with van der Waals surface area (Å²) < 4.78 is 11.3. The Morgan fingerprint density at radius 1 is 1.29 bits per heavy atom. The Balaban J connectivity index is 0.00000288. The number of ether oxygens (including phenoxy) is 2. The van der Waals surface area contributed by atoms with Gasteiger partial charge in [0.25, 0.3) is 0 Å². The van der Waals surface area contributed by atoms with Gasteiger partial charge < -0.3 is 20.1 Å². The molecule has 1 saturated heterocycles. The van der Waals surface area contributed by atoms with E-state index in [0.717, 1.165) is 31.0 Å². The van der Waals surface area contributed by atoms with E-state index in [2.05, 4.69) is 6.92 Å². The van der Waals surface area contributed by atoms with Gasteiger partial charge in [0, 0.05) is 19.5 Å². The number of rotatable bonds is 8. The van der Waals surface area contributed by atoms with E-state index in [9.17, 15) is 4.79 Å². The van der Waals surface area contributed by atoms with E-state index in [1.807, 2.05) is 36.1 Å². The van der Waals surface area contributed by atoms with Crippen molar-refractivity contribution in [2.75, 3.05) is 32.8 Å². The van der Waals surface area contributed by atoms with Crippen LogP contribution in [-0.2, 0) is 4.79 Å². The number of hydrogen-bond acceptors (Lipinski definition) is 4. The summed E-state index contributed by atoms with van der Waals surface area (Å²) in [5.41, 5.74) is 5.87. The van der Waals surface area contributed by atoms with E-state index < -0.39 is 0 Å². The van der Waals surface area contributed by atoms with Crippen molar-refractivity contribution in [3.05, 3.63) is 24.3 Å². The highest BCUT2D eigenvalue weighted by Crippen LogP contribution is 2.29. The van der Waals surface area contributed by atoms with E-state index >= 15 is 0 Å². The van der Waals surface area contributed by atoms with Crippen molar-refractivity contribution >= 4 is 18.3 Å². The molecule has 0 spiro atoms. The summed E-state index contributed by atoms with van der Waals surface area (Å²) in [6.07, 6.45) is 2.21. The summed E-state index contributed by atoms with van der Waals surface area (Å²) in [6, 6.07) is 7.62. The number of nitrogens with zero attached hydrogens (tertiary/aromatic N) is 1. The minimum absolute atomic E-state index is 0. The molecular weight excluding hydrogens is 328 g/mol. The van der Waals surface area contributed by atoms with Crippen LogP contribution < -0.4 is 15.2 Å². The summed E-state index contributed by atoms with van der Waals surface area (Å²) in [4.78, 5) is 14.2. The van der Waals surface area contributed by atoms with Gasteiger partial charge in [-0.2, -0.15) is 0 Å². The first-order valence-electron chi connectivity index (χ1n) is 8.40. The molecule has 1 atom stereocenters. The second-order valence-corrected chi connectivity index (χ2v) is 6.41. The predicted octanol–water partition coefficient (Wildman–Crippen LogP) is 2.86. The summed E-state index contributed by atoms with van der Waals surface area (Å²) in [6.45, 7) is 7.44. The van der Waals surface area contributed by atoms with E-state index in [1.54, 1.807) is 0 Å². The van der Waals surface area contributed by atoms with Gasteiger partial charge in [-0.25, -0.2) is 0 Å². The zero-order chi connectivity index (χ0) is 16.7. The monoisotopic (exact) mass is 356 g/mol. The second kappa shape index (κ2) is 9.74. The molecule has 1 aromatic rings. The van der Waals surface area contributed by atoms with Gasteiger partial charge in [0.05, 0.1) is 13.2 Å². The maximum absolute atomic E-state index is 12.2. The fourth-order valence-corrected chi connectivity index (χ4v) is 2.81. The van der Waals surface area contributed by atoms with Crippen LogP contribution in [0.4, 0.5) is 0 Å². The van der Waals surface area contributed by atoms with Crippen LogP contribution in [0.25, 0.3) is 0 Å². The third kappa shape index (κ3) is 5.56. The minimum atomic E-state index is 0. The largest absolute Gasteiger partial charge is 0.490 e. The normalized spacial score (nSPS) is 19.7. The molecule has 1 heterocycles. The fourth-order valence-electron chi connectivity index (χ4n) is 2.81. The average Bonchev–Trinajstić information content (AvgIpc) is 2.96. The molecule has 1 fully saturated rings.